The summed E-state index contributed by atoms with van der Waals surface area (Å²) in [5.74, 6) is 0. The molecule has 0 saturated carbocycles. The number of hydrogen-bond acceptors (Lipinski definition) is 0. The van der Waals surface area contributed by atoms with Gasteiger partial charge < -0.3 is 0 Å². The van der Waals surface area contributed by atoms with E-state index in [2.05, 4.69) is 55.4 Å². The molecule has 0 N–H and O–H groups in total. The van der Waals surface area contributed by atoms with E-state index in [-0.39, 0.29) is 22.6 Å². The zero-order valence-corrected chi connectivity index (χ0v) is 14.9. The van der Waals surface area contributed by atoms with Crippen molar-refractivity contribution in [1.82, 2.24) is 0 Å². The molecule has 2 heteroatoms. The molecule has 0 spiro atoms. The van der Waals surface area contributed by atoms with Crippen LogP contribution in [0.4, 0.5) is 4.20 Å². The summed E-state index contributed by atoms with van der Waals surface area (Å²) in [7, 11) is 0. The van der Waals surface area contributed by atoms with E-state index in [0.29, 0.717) is 0 Å². The second-order valence-corrected chi connectivity index (χ2v) is 12.4. The molecule has 0 aliphatic rings. The Bertz CT molecular complexity index is 200. The molecule has 0 bridgehead atoms. The van der Waals surface area contributed by atoms with Gasteiger partial charge in [-0.1, -0.05) is 0 Å². The van der Waals surface area contributed by atoms with Gasteiger partial charge in [-0.2, -0.15) is 0 Å². The first-order valence-corrected chi connectivity index (χ1v) is 10.4. The maximum atomic E-state index is 16.9. The van der Waals surface area contributed by atoms with Crippen LogP contribution in [0.5, 0.6) is 0 Å². The molecular weight excluding hydrogens is 242 g/mol. The van der Waals surface area contributed by atoms with E-state index >= 15 is 4.20 Å². The summed E-state index contributed by atoms with van der Waals surface area (Å²) in [4.78, 5) is 0. The van der Waals surface area contributed by atoms with Gasteiger partial charge in [0, 0.05) is 0 Å². The van der Waals surface area contributed by atoms with E-state index in [1.54, 1.807) is 0 Å². The second kappa shape index (κ2) is 6.69. The summed E-state index contributed by atoms with van der Waals surface area (Å²) in [6.45, 7) is 14.2. The van der Waals surface area contributed by atoms with E-state index in [4.69, 9.17) is 0 Å². The van der Waals surface area contributed by atoms with Gasteiger partial charge in [-0.05, 0) is 0 Å². The van der Waals surface area contributed by atoms with Gasteiger partial charge in [0.1, 0.15) is 0 Å². The standard InChI is InChI=1S/C16H36FP/c1-9-13(5)18(17,14(6)10-2,15(7)11-3)16(8)12-4/h13-16H,9-12H2,1-8H3. The average Bonchev–Trinajstić information content (AvgIpc) is 2.42. The molecule has 4 atom stereocenters. The normalized spacial score (nSPS) is 21.7. The predicted octanol–water partition coefficient (Wildman–Crippen LogP) is 6.62. The van der Waals surface area contributed by atoms with Crippen LogP contribution in [0.15, 0.2) is 0 Å². The van der Waals surface area contributed by atoms with Crippen LogP contribution >= 0.6 is 6.91 Å². The van der Waals surface area contributed by atoms with Crippen molar-refractivity contribution in [3.63, 3.8) is 0 Å². The molecule has 4 unspecified atom stereocenters. The number of hydrogen-bond donors (Lipinski definition) is 0. The molecule has 0 fully saturated rings. The molecule has 0 aliphatic heterocycles. The third-order valence-electron chi connectivity index (χ3n) is 6.08. The second-order valence-electron chi connectivity index (χ2n) is 6.31. The van der Waals surface area contributed by atoms with Gasteiger partial charge in [-0.15, -0.1) is 0 Å². The van der Waals surface area contributed by atoms with Crippen LogP contribution in [0.25, 0.3) is 0 Å². The van der Waals surface area contributed by atoms with Gasteiger partial charge in [0.15, 0.2) is 0 Å². The molecule has 0 saturated heterocycles. The first-order chi connectivity index (χ1) is 8.25. The third kappa shape index (κ3) is 2.37. The molecule has 0 aromatic rings. The molecule has 112 valence electrons. The van der Waals surface area contributed by atoms with Crippen molar-refractivity contribution in [2.45, 2.75) is 104 Å². The Labute approximate surface area is 115 Å². The van der Waals surface area contributed by atoms with Crippen molar-refractivity contribution in [3.05, 3.63) is 0 Å². The fourth-order valence-corrected chi connectivity index (χ4v) is 12.4. The van der Waals surface area contributed by atoms with E-state index in [1.807, 2.05) is 0 Å². The molecule has 0 aliphatic carbocycles. The Morgan fingerprint density at radius 2 is 0.778 bits per heavy atom. The van der Waals surface area contributed by atoms with Crippen LogP contribution in [0.1, 0.15) is 81.1 Å². The summed E-state index contributed by atoms with van der Waals surface area (Å²) in [6, 6.07) is 0. The molecule has 0 aromatic carbocycles. The molecule has 0 amide bonds. The Morgan fingerprint density at radius 1 is 0.611 bits per heavy atom. The van der Waals surface area contributed by atoms with Crippen LogP contribution in [-0.4, -0.2) is 22.6 Å². The van der Waals surface area contributed by atoms with E-state index in [9.17, 15) is 0 Å². The minimum atomic E-state index is -3.20. The van der Waals surface area contributed by atoms with E-state index < -0.39 is 6.91 Å². The minimum absolute atomic E-state index is 0.246. The van der Waals surface area contributed by atoms with Gasteiger partial charge in [0.2, 0.25) is 0 Å². The van der Waals surface area contributed by atoms with Crippen LogP contribution in [0.2, 0.25) is 0 Å². The fraction of sp³-hybridized carbons (Fsp3) is 1.00. The zero-order valence-electron chi connectivity index (χ0n) is 14.0. The zero-order chi connectivity index (χ0) is 14.6. The van der Waals surface area contributed by atoms with Gasteiger partial charge >= 0.3 is 115 Å². The van der Waals surface area contributed by atoms with Crippen LogP contribution in [0.3, 0.4) is 0 Å². The third-order valence-corrected chi connectivity index (χ3v) is 15.0. The SMILES string of the molecule is CCC(C)P(F)(C(C)CC)(C(C)CC)C(C)CC. The fourth-order valence-electron chi connectivity index (χ4n) is 4.15. The topological polar surface area (TPSA) is 0 Å². The average molecular weight is 278 g/mol. The van der Waals surface area contributed by atoms with Crippen LogP contribution in [-0.2, 0) is 0 Å². The van der Waals surface area contributed by atoms with Gasteiger partial charge in [0.25, 0.3) is 0 Å². The van der Waals surface area contributed by atoms with Gasteiger partial charge in [-0.25, -0.2) is 0 Å². The molecule has 0 rings (SSSR count). The van der Waals surface area contributed by atoms with Crippen molar-refractivity contribution in [2.24, 2.45) is 0 Å². The number of halogens is 1. The summed E-state index contributed by atoms with van der Waals surface area (Å²) in [6.07, 6.45) is 3.92. The molecule has 18 heavy (non-hydrogen) atoms. The molecule has 0 heterocycles. The Hall–Kier alpha value is 0.360. The van der Waals surface area contributed by atoms with Gasteiger partial charge in [0.05, 0.1) is 0 Å². The van der Waals surface area contributed by atoms with E-state index in [0.717, 1.165) is 25.7 Å². The molecular formula is C16H36FP. The summed E-state index contributed by atoms with van der Waals surface area (Å²) in [5, 5.41) is 0. The predicted molar refractivity (Wildman–Crippen MR) is 87.0 cm³/mol. The van der Waals surface area contributed by atoms with E-state index in [1.165, 1.54) is 0 Å². The Kier molecular flexibility index (Phi) is 6.82. The summed E-state index contributed by atoms with van der Waals surface area (Å²) >= 11 is 0. The summed E-state index contributed by atoms with van der Waals surface area (Å²) < 4.78 is 16.9. The molecule has 0 nitrogen and oxygen atoms in total. The van der Waals surface area contributed by atoms with Crippen molar-refractivity contribution >= 4 is 6.91 Å². The molecule has 0 radical (unpaired) electrons. The first-order valence-electron chi connectivity index (χ1n) is 7.97. The maximum absolute atomic E-state index is 16.9. The van der Waals surface area contributed by atoms with Crippen molar-refractivity contribution in [3.8, 4) is 0 Å². The van der Waals surface area contributed by atoms with Crippen molar-refractivity contribution in [1.29, 1.82) is 0 Å². The first kappa shape index (κ1) is 18.4. The summed E-state index contributed by atoms with van der Waals surface area (Å²) in [5.41, 5.74) is 0.985. The molecule has 0 aromatic heterocycles. The van der Waals surface area contributed by atoms with Crippen molar-refractivity contribution < 1.29 is 4.20 Å². The monoisotopic (exact) mass is 278 g/mol. The van der Waals surface area contributed by atoms with Crippen LogP contribution < -0.4 is 0 Å². The quantitative estimate of drug-likeness (QED) is 0.438. The van der Waals surface area contributed by atoms with Crippen molar-refractivity contribution in [2.75, 3.05) is 0 Å². The van der Waals surface area contributed by atoms with Gasteiger partial charge in [-0.3, -0.25) is 0 Å². The van der Waals surface area contributed by atoms with Crippen LogP contribution in [0, 0.1) is 0 Å². The Balaban J connectivity index is 6.01. The Morgan fingerprint density at radius 3 is 0.889 bits per heavy atom. The number of rotatable bonds is 8.